The summed E-state index contributed by atoms with van der Waals surface area (Å²) in [5.74, 6) is 0. The normalized spacial score (nSPS) is 24.5. The lowest BCUT2D eigenvalue weighted by Crippen LogP contribution is -2.32. The summed E-state index contributed by atoms with van der Waals surface area (Å²) < 4.78 is 16.4. The minimum Gasteiger partial charge on any atom is -0.306 e. The van der Waals surface area contributed by atoms with E-state index in [2.05, 4.69) is 10.2 Å². The van der Waals surface area contributed by atoms with Crippen LogP contribution in [0.3, 0.4) is 0 Å². The van der Waals surface area contributed by atoms with Crippen LogP contribution < -0.4 is 10.2 Å². The van der Waals surface area contributed by atoms with E-state index in [4.69, 9.17) is 4.52 Å². The highest BCUT2D eigenvalue weighted by Crippen LogP contribution is 2.38. The molecule has 0 bridgehead atoms. The molecule has 10 heavy (non-hydrogen) atoms. The fourth-order valence-corrected chi connectivity index (χ4v) is 2.43. The smallest absolute Gasteiger partial charge is 0.306 e. The molecule has 1 aliphatic rings. The Kier molecular flexibility index (Phi) is 2.86. The zero-order chi connectivity index (χ0) is 7.45. The average Bonchev–Trinajstić information content (AvgIpc) is 1.89. The first-order valence-electron chi connectivity index (χ1n) is 3.52. The molecule has 4 nitrogen and oxygen atoms in total. The monoisotopic (exact) mass is 164 g/mol. The number of nitrogens with one attached hydrogen (secondary N) is 2. The molecule has 0 amide bonds. The molecule has 1 rings (SSSR count). The Morgan fingerprint density at radius 2 is 2.10 bits per heavy atom. The highest BCUT2D eigenvalue weighted by atomic mass is 31.2. The minimum absolute atomic E-state index is 0.483. The molecular weight excluding hydrogens is 151 g/mol. The molecule has 5 heteroatoms. The maximum atomic E-state index is 11.4. The predicted octanol–water partition coefficient (Wildman–Crippen LogP) is 0.714. The third kappa shape index (κ3) is 2.06. The molecule has 60 valence electrons. The Morgan fingerprint density at radius 3 is 2.60 bits per heavy atom. The standard InChI is InChI=1S/C5H13N2O2P/c1-2-9-10(8)6-4-3-5-7-10/h2-5H2,1H3,(H2,6,7,8). The van der Waals surface area contributed by atoms with Crippen molar-refractivity contribution in [3.8, 4) is 0 Å². The zero-order valence-corrected chi connectivity index (χ0v) is 6.99. The van der Waals surface area contributed by atoms with Crippen LogP contribution in [-0.2, 0) is 9.09 Å². The molecule has 0 radical (unpaired) electrons. The van der Waals surface area contributed by atoms with Gasteiger partial charge in [-0.2, -0.15) is 0 Å². The average molecular weight is 164 g/mol. The van der Waals surface area contributed by atoms with Gasteiger partial charge in [-0.05, 0) is 13.3 Å². The second kappa shape index (κ2) is 3.49. The van der Waals surface area contributed by atoms with Crippen LogP contribution in [0.25, 0.3) is 0 Å². The van der Waals surface area contributed by atoms with Gasteiger partial charge in [0.2, 0.25) is 0 Å². The highest BCUT2D eigenvalue weighted by molar-refractivity contribution is 7.54. The third-order valence-electron chi connectivity index (χ3n) is 1.30. The van der Waals surface area contributed by atoms with Crippen molar-refractivity contribution in [2.45, 2.75) is 13.3 Å². The number of rotatable bonds is 2. The second-order valence-electron chi connectivity index (χ2n) is 2.14. The maximum Gasteiger partial charge on any atom is 0.340 e. The van der Waals surface area contributed by atoms with Crippen LogP contribution >= 0.6 is 7.67 Å². The SMILES string of the molecule is CCOP1(=O)NCCCN1. The van der Waals surface area contributed by atoms with Crippen LogP contribution in [-0.4, -0.2) is 19.7 Å². The van der Waals surface area contributed by atoms with Gasteiger partial charge in [0.15, 0.2) is 0 Å². The van der Waals surface area contributed by atoms with Crippen molar-refractivity contribution in [3.63, 3.8) is 0 Å². The Bertz CT molecular complexity index is 132. The molecule has 0 spiro atoms. The van der Waals surface area contributed by atoms with E-state index in [-0.39, 0.29) is 0 Å². The van der Waals surface area contributed by atoms with Gasteiger partial charge in [0.1, 0.15) is 0 Å². The largest absolute Gasteiger partial charge is 0.340 e. The van der Waals surface area contributed by atoms with Crippen molar-refractivity contribution in [1.29, 1.82) is 0 Å². The zero-order valence-electron chi connectivity index (χ0n) is 6.09. The minimum atomic E-state index is -2.61. The van der Waals surface area contributed by atoms with Gasteiger partial charge in [0.25, 0.3) is 0 Å². The molecule has 0 aromatic heterocycles. The summed E-state index contributed by atoms with van der Waals surface area (Å²) in [6.45, 7) is 3.88. The fourth-order valence-electron chi connectivity index (χ4n) is 0.870. The molecule has 1 fully saturated rings. The molecule has 1 heterocycles. The Balaban J connectivity index is 2.41. The molecule has 0 aromatic rings. The van der Waals surface area contributed by atoms with Gasteiger partial charge in [-0.25, -0.2) is 10.2 Å². The number of hydrogen-bond donors (Lipinski definition) is 2. The summed E-state index contributed by atoms with van der Waals surface area (Å²) in [6.07, 6.45) is 1.01. The van der Waals surface area contributed by atoms with Crippen LogP contribution in [0.2, 0.25) is 0 Å². The van der Waals surface area contributed by atoms with Crippen LogP contribution in [0.5, 0.6) is 0 Å². The first-order chi connectivity index (χ1) is 4.77. The van der Waals surface area contributed by atoms with Gasteiger partial charge in [0, 0.05) is 13.1 Å². The molecule has 0 aromatic carbocycles. The third-order valence-corrected chi connectivity index (χ3v) is 3.21. The summed E-state index contributed by atoms with van der Waals surface area (Å²) >= 11 is 0. The lowest BCUT2D eigenvalue weighted by atomic mass is 10.4. The van der Waals surface area contributed by atoms with Crippen molar-refractivity contribution in [2.24, 2.45) is 0 Å². The molecular formula is C5H13N2O2P. The number of hydrogen-bond acceptors (Lipinski definition) is 2. The molecule has 0 saturated carbocycles. The summed E-state index contributed by atoms with van der Waals surface area (Å²) in [6, 6.07) is 0. The lowest BCUT2D eigenvalue weighted by molar-refractivity contribution is 0.309. The maximum absolute atomic E-state index is 11.4. The molecule has 0 unspecified atom stereocenters. The first-order valence-corrected chi connectivity index (χ1v) is 5.14. The first kappa shape index (κ1) is 8.21. The molecule has 2 N–H and O–H groups in total. The van der Waals surface area contributed by atoms with Crippen LogP contribution in [0.1, 0.15) is 13.3 Å². The highest BCUT2D eigenvalue weighted by Gasteiger charge is 2.23. The van der Waals surface area contributed by atoms with Crippen molar-refractivity contribution >= 4 is 7.67 Å². The van der Waals surface area contributed by atoms with Crippen LogP contribution in [0.4, 0.5) is 0 Å². The van der Waals surface area contributed by atoms with Crippen LogP contribution in [0.15, 0.2) is 0 Å². The van der Waals surface area contributed by atoms with E-state index >= 15 is 0 Å². The van der Waals surface area contributed by atoms with E-state index in [1.807, 2.05) is 6.92 Å². The van der Waals surface area contributed by atoms with Crippen molar-refractivity contribution in [2.75, 3.05) is 19.7 Å². The van der Waals surface area contributed by atoms with E-state index in [1.54, 1.807) is 0 Å². The van der Waals surface area contributed by atoms with Crippen molar-refractivity contribution in [3.05, 3.63) is 0 Å². The Morgan fingerprint density at radius 1 is 1.50 bits per heavy atom. The summed E-state index contributed by atoms with van der Waals surface area (Å²) in [5.41, 5.74) is 0. The summed E-state index contributed by atoms with van der Waals surface area (Å²) in [4.78, 5) is 0. The van der Waals surface area contributed by atoms with E-state index in [0.717, 1.165) is 19.5 Å². The van der Waals surface area contributed by atoms with E-state index in [0.29, 0.717) is 6.61 Å². The van der Waals surface area contributed by atoms with Crippen molar-refractivity contribution < 1.29 is 9.09 Å². The van der Waals surface area contributed by atoms with Crippen molar-refractivity contribution in [1.82, 2.24) is 10.2 Å². The van der Waals surface area contributed by atoms with Gasteiger partial charge in [-0.3, -0.25) is 4.57 Å². The van der Waals surface area contributed by atoms with E-state index in [9.17, 15) is 4.57 Å². The van der Waals surface area contributed by atoms with Crippen LogP contribution in [0, 0.1) is 0 Å². The van der Waals surface area contributed by atoms with E-state index < -0.39 is 7.67 Å². The second-order valence-corrected chi connectivity index (χ2v) is 4.13. The van der Waals surface area contributed by atoms with Gasteiger partial charge >= 0.3 is 7.67 Å². The topological polar surface area (TPSA) is 50.4 Å². The Hall–Kier alpha value is 0.110. The lowest BCUT2D eigenvalue weighted by Gasteiger charge is -2.23. The molecule has 1 aliphatic heterocycles. The molecule has 0 atom stereocenters. The van der Waals surface area contributed by atoms with E-state index in [1.165, 1.54) is 0 Å². The fraction of sp³-hybridized carbons (Fsp3) is 1.00. The predicted molar refractivity (Wildman–Crippen MR) is 39.9 cm³/mol. The summed E-state index contributed by atoms with van der Waals surface area (Å²) in [7, 11) is -2.61. The van der Waals surface area contributed by atoms with Gasteiger partial charge in [0.05, 0.1) is 6.61 Å². The van der Waals surface area contributed by atoms with Gasteiger partial charge < -0.3 is 4.52 Å². The molecule has 1 saturated heterocycles. The Labute approximate surface area is 60.9 Å². The summed E-state index contributed by atoms with van der Waals surface area (Å²) in [5, 5.41) is 5.64. The molecule has 0 aliphatic carbocycles. The quantitative estimate of drug-likeness (QED) is 0.590. The van der Waals surface area contributed by atoms with Gasteiger partial charge in [-0.15, -0.1) is 0 Å². The van der Waals surface area contributed by atoms with Gasteiger partial charge in [-0.1, -0.05) is 0 Å².